The average molecular weight is 388 g/mol. The van der Waals surface area contributed by atoms with Gasteiger partial charge in [0.25, 0.3) is 0 Å². The van der Waals surface area contributed by atoms with Gasteiger partial charge in [-0.3, -0.25) is 0 Å². The third kappa shape index (κ3) is 5.60. The van der Waals surface area contributed by atoms with Crippen LogP contribution in [0.3, 0.4) is 0 Å². The highest BCUT2D eigenvalue weighted by atomic mass is 32.1. The zero-order chi connectivity index (χ0) is 19.4. The molecule has 7 heteroatoms. The molecule has 1 aromatic heterocycles. The monoisotopic (exact) mass is 387 g/mol. The summed E-state index contributed by atoms with van der Waals surface area (Å²) in [5, 5.41) is 6.61. The molecule has 0 unspecified atom stereocenters. The first-order valence-corrected chi connectivity index (χ1v) is 9.70. The van der Waals surface area contributed by atoms with Crippen LogP contribution in [-0.2, 0) is 6.54 Å². The van der Waals surface area contributed by atoms with Crippen LogP contribution >= 0.6 is 12.2 Å². The van der Waals surface area contributed by atoms with Crippen molar-refractivity contribution in [3.8, 4) is 0 Å². The van der Waals surface area contributed by atoms with Crippen LogP contribution in [0.25, 0.3) is 0 Å². The molecule has 2 aromatic rings. The van der Waals surface area contributed by atoms with Crippen molar-refractivity contribution in [3.05, 3.63) is 47.4 Å². The van der Waals surface area contributed by atoms with Crippen molar-refractivity contribution in [2.24, 2.45) is 11.8 Å². The number of hydrogen-bond donors (Lipinski definition) is 2. The van der Waals surface area contributed by atoms with Gasteiger partial charge in [-0.05, 0) is 55.1 Å². The second kappa shape index (κ2) is 8.61. The average Bonchev–Trinajstić information content (AvgIpc) is 2.60. The zero-order valence-electron chi connectivity index (χ0n) is 16.0. The summed E-state index contributed by atoms with van der Waals surface area (Å²) >= 11 is 5.35. The van der Waals surface area contributed by atoms with Crippen molar-refractivity contribution in [3.63, 3.8) is 0 Å². The van der Waals surface area contributed by atoms with Gasteiger partial charge in [-0.2, -0.15) is 4.98 Å². The van der Waals surface area contributed by atoms with Crippen LogP contribution in [0.2, 0.25) is 0 Å². The number of thiocarbonyl (C=S) groups is 1. The van der Waals surface area contributed by atoms with E-state index in [-0.39, 0.29) is 5.82 Å². The van der Waals surface area contributed by atoms with Gasteiger partial charge in [0.1, 0.15) is 11.6 Å². The van der Waals surface area contributed by atoms with Crippen LogP contribution in [0.1, 0.15) is 31.5 Å². The molecule has 144 valence electrons. The maximum Gasteiger partial charge on any atom is 0.231 e. The Morgan fingerprint density at radius 1 is 1.19 bits per heavy atom. The van der Waals surface area contributed by atoms with E-state index in [0.717, 1.165) is 30.2 Å². The molecule has 1 aliphatic heterocycles. The van der Waals surface area contributed by atoms with E-state index in [9.17, 15) is 4.39 Å². The fourth-order valence-electron chi connectivity index (χ4n) is 3.55. The van der Waals surface area contributed by atoms with Gasteiger partial charge in [-0.1, -0.05) is 26.0 Å². The number of nitrogens with zero attached hydrogens (tertiary/aromatic N) is 3. The highest BCUT2D eigenvalue weighted by molar-refractivity contribution is 7.80. The molecule has 2 heterocycles. The van der Waals surface area contributed by atoms with Crippen molar-refractivity contribution < 1.29 is 4.39 Å². The standard InChI is InChI=1S/C20H26FN5S/c1-13-8-14(2)12-26(11-13)18-9-15(3)23-19(24-18)25-20(27)22-10-16-4-6-17(21)7-5-16/h4-7,9,13-14H,8,10-12H2,1-3H3,(H2,22,23,24,25,27)/t13-,14-/m1/s1. The van der Waals surface area contributed by atoms with E-state index in [2.05, 4.69) is 39.3 Å². The minimum atomic E-state index is -0.249. The second-order valence-corrected chi connectivity index (χ2v) is 7.88. The molecule has 2 atom stereocenters. The van der Waals surface area contributed by atoms with Crippen molar-refractivity contribution >= 4 is 29.1 Å². The Morgan fingerprint density at radius 3 is 2.52 bits per heavy atom. The third-order valence-electron chi connectivity index (χ3n) is 4.63. The number of hydrogen-bond acceptors (Lipinski definition) is 4. The van der Waals surface area contributed by atoms with Crippen LogP contribution in [-0.4, -0.2) is 28.2 Å². The quantitative estimate of drug-likeness (QED) is 0.776. The minimum Gasteiger partial charge on any atom is -0.358 e. The minimum absolute atomic E-state index is 0.249. The van der Waals surface area contributed by atoms with Gasteiger partial charge in [0.15, 0.2) is 5.11 Å². The fourth-order valence-corrected chi connectivity index (χ4v) is 3.71. The first-order valence-electron chi connectivity index (χ1n) is 9.29. The largest absolute Gasteiger partial charge is 0.358 e. The summed E-state index contributed by atoms with van der Waals surface area (Å²) in [6, 6.07) is 8.34. The summed E-state index contributed by atoms with van der Waals surface area (Å²) in [4.78, 5) is 11.4. The summed E-state index contributed by atoms with van der Waals surface area (Å²) in [6.45, 7) is 9.05. The Kier molecular flexibility index (Phi) is 6.21. The van der Waals surface area contributed by atoms with Crippen LogP contribution in [0.4, 0.5) is 16.2 Å². The van der Waals surface area contributed by atoms with Crippen LogP contribution < -0.4 is 15.5 Å². The zero-order valence-corrected chi connectivity index (χ0v) is 16.8. The molecule has 1 aliphatic rings. The van der Waals surface area contributed by atoms with Crippen molar-refractivity contribution in [1.29, 1.82) is 0 Å². The summed E-state index contributed by atoms with van der Waals surface area (Å²) in [6.07, 6.45) is 1.25. The number of halogens is 1. The molecule has 0 aliphatic carbocycles. The summed E-state index contributed by atoms with van der Waals surface area (Å²) in [5.74, 6) is 2.48. The van der Waals surface area contributed by atoms with Gasteiger partial charge in [0.2, 0.25) is 5.95 Å². The Labute approximate surface area is 165 Å². The van der Waals surface area contributed by atoms with Gasteiger partial charge < -0.3 is 15.5 Å². The predicted octanol–water partition coefficient (Wildman–Crippen LogP) is 3.89. The summed E-state index contributed by atoms with van der Waals surface area (Å²) in [5.41, 5.74) is 1.84. The Morgan fingerprint density at radius 2 is 1.85 bits per heavy atom. The highest BCUT2D eigenvalue weighted by Gasteiger charge is 2.23. The molecule has 0 saturated carbocycles. The molecular weight excluding hydrogens is 361 g/mol. The normalized spacial score (nSPS) is 19.6. The molecule has 1 aromatic carbocycles. The second-order valence-electron chi connectivity index (χ2n) is 7.48. The maximum atomic E-state index is 13.0. The molecule has 1 saturated heterocycles. The number of piperidine rings is 1. The number of benzene rings is 1. The molecule has 0 radical (unpaired) electrons. The molecule has 0 bridgehead atoms. The molecule has 3 rings (SSSR count). The Hall–Kier alpha value is -2.28. The maximum absolute atomic E-state index is 13.0. The number of aromatic nitrogens is 2. The van der Waals surface area contributed by atoms with E-state index >= 15 is 0 Å². The fraction of sp³-hybridized carbons (Fsp3) is 0.450. The molecule has 2 N–H and O–H groups in total. The van der Waals surface area contributed by atoms with E-state index in [1.807, 2.05) is 13.0 Å². The Balaban J connectivity index is 1.63. The molecule has 5 nitrogen and oxygen atoms in total. The molecular formula is C20H26FN5S. The van der Waals surface area contributed by atoms with E-state index < -0.39 is 0 Å². The summed E-state index contributed by atoms with van der Waals surface area (Å²) in [7, 11) is 0. The topological polar surface area (TPSA) is 53.1 Å². The first kappa shape index (κ1) is 19.5. The number of nitrogens with one attached hydrogen (secondary N) is 2. The van der Waals surface area contributed by atoms with E-state index in [1.165, 1.54) is 18.6 Å². The molecule has 1 fully saturated rings. The van der Waals surface area contributed by atoms with Crippen LogP contribution in [0, 0.1) is 24.6 Å². The van der Waals surface area contributed by atoms with Gasteiger partial charge in [0.05, 0.1) is 0 Å². The van der Waals surface area contributed by atoms with Crippen molar-refractivity contribution in [1.82, 2.24) is 15.3 Å². The van der Waals surface area contributed by atoms with Gasteiger partial charge in [-0.15, -0.1) is 0 Å². The lowest BCUT2D eigenvalue weighted by Gasteiger charge is -2.36. The smallest absolute Gasteiger partial charge is 0.231 e. The number of aryl methyl sites for hydroxylation is 1. The van der Waals surface area contributed by atoms with E-state index in [0.29, 0.717) is 29.4 Å². The van der Waals surface area contributed by atoms with Crippen molar-refractivity contribution in [2.75, 3.05) is 23.3 Å². The lowest BCUT2D eigenvalue weighted by Crippen LogP contribution is -2.39. The van der Waals surface area contributed by atoms with E-state index in [4.69, 9.17) is 12.2 Å². The molecule has 0 spiro atoms. The lowest BCUT2D eigenvalue weighted by atomic mass is 9.92. The van der Waals surface area contributed by atoms with Gasteiger partial charge in [-0.25, -0.2) is 9.37 Å². The molecule has 27 heavy (non-hydrogen) atoms. The summed E-state index contributed by atoms with van der Waals surface area (Å²) < 4.78 is 13.0. The van der Waals surface area contributed by atoms with E-state index in [1.54, 1.807) is 12.1 Å². The SMILES string of the molecule is Cc1cc(N2C[C@H](C)C[C@@H](C)C2)nc(NC(=S)NCc2ccc(F)cc2)n1. The third-order valence-corrected chi connectivity index (χ3v) is 4.87. The van der Waals surface area contributed by atoms with Crippen molar-refractivity contribution in [2.45, 2.75) is 33.7 Å². The highest BCUT2D eigenvalue weighted by Crippen LogP contribution is 2.25. The predicted molar refractivity (Wildman–Crippen MR) is 111 cm³/mol. The molecule has 0 amide bonds. The lowest BCUT2D eigenvalue weighted by molar-refractivity contribution is 0.355. The first-order chi connectivity index (χ1) is 12.9. The van der Waals surface area contributed by atoms with Crippen LogP contribution in [0.15, 0.2) is 30.3 Å². The van der Waals surface area contributed by atoms with Crippen LogP contribution in [0.5, 0.6) is 0 Å². The number of rotatable bonds is 4. The number of anilines is 2. The van der Waals surface area contributed by atoms with Gasteiger partial charge in [0, 0.05) is 31.4 Å². The van der Waals surface area contributed by atoms with Gasteiger partial charge >= 0.3 is 0 Å². The Bertz CT molecular complexity index is 785.